The number of primary amides is 1. The summed E-state index contributed by atoms with van der Waals surface area (Å²) in [4.78, 5) is 39.0. The number of nitrogens with two attached hydrogens (primary N) is 1. The van der Waals surface area contributed by atoms with Gasteiger partial charge >= 0.3 is 0 Å². The van der Waals surface area contributed by atoms with Crippen molar-refractivity contribution in [1.29, 1.82) is 0 Å². The summed E-state index contributed by atoms with van der Waals surface area (Å²) in [5.41, 5.74) is 6.18. The largest absolute Gasteiger partial charge is 0.370 e. The molecule has 4 aliphatic rings. The second-order valence-electron chi connectivity index (χ2n) is 6.98. The normalized spacial score (nSPS) is 32.1. The average Bonchev–Trinajstić information content (AvgIpc) is 2.88. The van der Waals surface area contributed by atoms with Crippen molar-refractivity contribution >= 4 is 17.7 Å². The molecule has 2 fully saturated rings. The first-order chi connectivity index (χ1) is 11.6. The Bertz CT molecular complexity index is 695. The van der Waals surface area contributed by atoms with Crippen LogP contribution in [0.3, 0.4) is 0 Å². The maximum atomic E-state index is 13.1. The van der Waals surface area contributed by atoms with Crippen molar-refractivity contribution in [2.24, 2.45) is 29.4 Å². The highest BCUT2D eigenvalue weighted by Gasteiger charge is 2.58. The quantitative estimate of drug-likeness (QED) is 0.677. The van der Waals surface area contributed by atoms with Gasteiger partial charge in [0.2, 0.25) is 17.7 Å². The van der Waals surface area contributed by atoms with Gasteiger partial charge in [0.25, 0.3) is 0 Å². The third-order valence-electron chi connectivity index (χ3n) is 5.68. The van der Waals surface area contributed by atoms with Crippen LogP contribution in [-0.2, 0) is 14.4 Å². The highest BCUT2D eigenvalue weighted by Crippen LogP contribution is 2.51. The monoisotopic (exact) mass is 324 g/mol. The molecule has 1 saturated carbocycles. The molecule has 0 aromatic heterocycles. The van der Waals surface area contributed by atoms with E-state index in [-0.39, 0.29) is 41.9 Å². The zero-order chi connectivity index (χ0) is 16.8. The van der Waals surface area contributed by atoms with E-state index < -0.39 is 11.9 Å². The maximum Gasteiger partial charge on any atom is 0.234 e. The Morgan fingerprint density at radius 1 is 1.04 bits per heavy atom. The van der Waals surface area contributed by atoms with Crippen LogP contribution in [-0.4, -0.2) is 22.6 Å². The van der Waals surface area contributed by atoms with E-state index in [9.17, 15) is 14.4 Å². The Hall–Kier alpha value is -2.43. The zero-order valence-electron chi connectivity index (χ0n) is 13.3. The SMILES string of the molecule is NC(=O)C[C@H](c1ccccc1)N1C(=O)[C@H]2[C@H](C1=O)[C@H]1C=C[C@H]2CC1. The van der Waals surface area contributed by atoms with Crippen molar-refractivity contribution in [3.63, 3.8) is 0 Å². The van der Waals surface area contributed by atoms with Gasteiger partial charge in [-0.25, -0.2) is 0 Å². The molecule has 1 aromatic carbocycles. The maximum absolute atomic E-state index is 13.1. The van der Waals surface area contributed by atoms with Crippen molar-refractivity contribution < 1.29 is 14.4 Å². The van der Waals surface area contributed by atoms with E-state index in [4.69, 9.17) is 5.73 Å². The Balaban J connectivity index is 1.73. The Morgan fingerprint density at radius 3 is 2.04 bits per heavy atom. The second kappa shape index (κ2) is 5.58. The molecule has 3 amide bonds. The Morgan fingerprint density at radius 2 is 1.58 bits per heavy atom. The lowest BCUT2D eigenvalue weighted by Gasteiger charge is -2.38. The number of allylic oxidation sites excluding steroid dienone is 2. The third kappa shape index (κ3) is 2.19. The molecule has 0 radical (unpaired) electrons. The lowest BCUT2D eigenvalue weighted by Crippen LogP contribution is -2.38. The van der Waals surface area contributed by atoms with Crippen LogP contribution < -0.4 is 5.73 Å². The van der Waals surface area contributed by atoms with Gasteiger partial charge in [0, 0.05) is 0 Å². The molecule has 5 rings (SSSR count). The molecular formula is C19H20N2O3. The molecule has 2 N–H and O–H groups in total. The first kappa shape index (κ1) is 15.1. The molecule has 1 aromatic rings. The van der Waals surface area contributed by atoms with Gasteiger partial charge in [0.1, 0.15) is 0 Å². The van der Waals surface area contributed by atoms with E-state index >= 15 is 0 Å². The minimum absolute atomic E-state index is 0.0380. The number of benzene rings is 1. The molecule has 24 heavy (non-hydrogen) atoms. The van der Waals surface area contributed by atoms with Crippen molar-refractivity contribution in [1.82, 2.24) is 4.90 Å². The van der Waals surface area contributed by atoms with Gasteiger partial charge in [0.15, 0.2) is 0 Å². The number of rotatable bonds is 4. The summed E-state index contributed by atoms with van der Waals surface area (Å²) in [5, 5.41) is 0. The van der Waals surface area contributed by atoms with Crippen LogP contribution in [0.5, 0.6) is 0 Å². The van der Waals surface area contributed by atoms with Crippen LogP contribution in [0.1, 0.15) is 30.9 Å². The fourth-order valence-corrected chi connectivity index (χ4v) is 4.63. The second-order valence-corrected chi connectivity index (χ2v) is 6.98. The number of carbonyl (C=O) groups excluding carboxylic acids is 3. The van der Waals surface area contributed by atoms with Crippen molar-refractivity contribution in [2.75, 3.05) is 0 Å². The van der Waals surface area contributed by atoms with Crippen molar-refractivity contribution in [3.05, 3.63) is 48.0 Å². The Kier molecular flexibility index (Phi) is 3.52. The minimum Gasteiger partial charge on any atom is -0.370 e. The lowest BCUT2D eigenvalue weighted by atomic mass is 9.63. The van der Waals surface area contributed by atoms with E-state index in [0.717, 1.165) is 18.4 Å². The summed E-state index contributed by atoms with van der Waals surface area (Å²) in [6, 6.07) is 8.61. The number of likely N-dealkylation sites (tertiary alicyclic amines) is 1. The predicted molar refractivity (Wildman–Crippen MR) is 87.2 cm³/mol. The number of hydrogen-bond acceptors (Lipinski definition) is 3. The van der Waals surface area contributed by atoms with Crippen LogP contribution in [0.25, 0.3) is 0 Å². The summed E-state index contributed by atoms with van der Waals surface area (Å²) < 4.78 is 0. The van der Waals surface area contributed by atoms with Gasteiger partial charge < -0.3 is 5.73 Å². The smallest absolute Gasteiger partial charge is 0.234 e. The van der Waals surface area contributed by atoms with E-state index in [2.05, 4.69) is 12.2 Å². The highest BCUT2D eigenvalue weighted by atomic mass is 16.2. The van der Waals surface area contributed by atoms with Crippen LogP contribution >= 0.6 is 0 Å². The van der Waals surface area contributed by atoms with Gasteiger partial charge in [-0.2, -0.15) is 0 Å². The van der Waals surface area contributed by atoms with E-state index in [1.807, 2.05) is 30.3 Å². The standard InChI is InChI=1S/C19H20N2O3/c20-15(22)10-14(11-4-2-1-3-5-11)21-18(23)16-12-6-7-13(9-8-12)17(16)19(21)24/h1-7,12-14,16-17H,8-10H2,(H2,20,22)/t12-,13-,14+,16+,17+/m0/s1. The molecule has 5 heteroatoms. The average molecular weight is 324 g/mol. The summed E-state index contributed by atoms with van der Waals surface area (Å²) in [6.45, 7) is 0. The van der Waals surface area contributed by atoms with Gasteiger partial charge in [-0.1, -0.05) is 42.5 Å². The minimum atomic E-state index is -0.603. The highest BCUT2D eigenvalue weighted by molar-refractivity contribution is 6.06. The van der Waals surface area contributed by atoms with Crippen molar-refractivity contribution in [2.45, 2.75) is 25.3 Å². The van der Waals surface area contributed by atoms with Crippen LogP contribution in [0.15, 0.2) is 42.5 Å². The molecule has 0 unspecified atom stereocenters. The van der Waals surface area contributed by atoms with Gasteiger partial charge in [0.05, 0.1) is 24.3 Å². The number of carbonyl (C=O) groups is 3. The van der Waals surface area contributed by atoms with E-state index in [1.54, 1.807) is 0 Å². The third-order valence-corrected chi connectivity index (χ3v) is 5.68. The molecular weight excluding hydrogens is 304 g/mol. The predicted octanol–water partition coefficient (Wildman–Crippen LogP) is 1.80. The van der Waals surface area contributed by atoms with E-state index in [1.165, 1.54) is 4.90 Å². The molecule has 5 nitrogen and oxygen atoms in total. The van der Waals surface area contributed by atoms with Crippen LogP contribution in [0.4, 0.5) is 0 Å². The van der Waals surface area contributed by atoms with E-state index in [0.29, 0.717) is 0 Å². The molecule has 1 aliphatic heterocycles. The molecule has 124 valence electrons. The first-order valence-corrected chi connectivity index (χ1v) is 8.46. The number of amides is 3. The molecule has 3 aliphatic carbocycles. The summed E-state index contributed by atoms with van der Waals surface area (Å²) in [6.07, 6.45) is 6.07. The topological polar surface area (TPSA) is 80.5 Å². The van der Waals surface area contributed by atoms with Gasteiger partial charge in [-0.3, -0.25) is 19.3 Å². The zero-order valence-corrected chi connectivity index (χ0v) is 13.3. The van der Waals surface area contributed by atoms with Crippen molar-refractivity contribution in [3.8, 4) is 0 Å². The number of imide groups is 1. The van der Waals surface area contributed by atoms with Crippen LogP contribution in [0, 0.1) is 23.7 Å². The summed E-state index contributed by atoms with van der Waals surface area (Å²) in [5.74, 6) is -1.03. The molecule has 5 atom stereocenters. The molecule has 1 heterocycles. The van der Waals surface area contributed by atoms with Gasteiger partial charge in [-0.15, -0.1) is 0 Å². The van der Waals surface area contributed by atoms with Gasteiger partial charge in [-0.05, 0) is 30.2 Å². The molecule has 1 saturated heterocycles. The fraction of sp³-hybridized carbons (Fsp3) is 0.421. The Labute approximate surface area is 140 Å². The number of fused-ring (bicyclic) bond motifs is 1. The lowest BCUT2D eigenvalue weighted by molar-refractivity contribution is -0.143. The fourth-order valence-electron chi connectivity index (χ4n) is 4.63. The van der Waals surface area contributed by atoms with Crippen LogP contribution in [0.2, 0.25) is 0 Å². The number of nitrogens with zero attached hydrogens (tertiary/aromatic N) is 1. The molecule has 2 bridgehead atoms. The summed E-state index contributed by atoms with van der Waals surface area (Å²) in [7, 11) is 0. The summed E-state index contributed by atoms with van der Waals surface area (Å²) >= 11 is 0. The molecule has 0 spiro atoms. The number of hydrogen-bond donors (Lipinski definition) is 1. The first-order valence-electron chi connectivity index (χ1n) is 8.46.